The van der Waals surface area contributed by atoms with E-state index in [1.54, 1.807) is 24.3 Å². The molecule has 0 aliphatic carbocycles. The smallest absolute Gasteiger partial charge is 0.167 e. The van der Waals surface area contributed by atoms with Crippen LogP contribution >= 0.6 is 11.6 Å². The molecule has 0 fully saturated rings. The molecule has 1 nitrogen and oxygen atoms in total. The van der Waals surface area contributed by atoms with Gasteiger partial charge in [-0.05, 0) is 40.6 Å². The van der Waals surface area contributed by atoms with Gasteiger partial charge in [0, 0.05) is 17.0 Å². The molecule has 0 amide bonds. The van der Waals surface area contributed by atoms with Crippen LogP contribution in [-0.4, -0.2) is 5.78 Å². The van der Waals surface area contributed by atoms with Gasteiger partial charge >= 0.3 is 0 Å². The number of ketones is 1. The Bertz CT molecular complexity index is 760. The molecule has 0 saturated carbocycles. The first kappa shape index (κ1) is 12.9. The van der Waals surface area contributed by atoms with Crippen molar-refractivity contribution < 1.29 is 4.79 Å². The van der Waals surface area contributed by atoms with Crippen molar-refractivity contribution in [2.75, 3.05) is 0 Å². The summed E-state index contributed by atoms with van der Waals surface area (Å²) in [6.45, 7) is 0. The molecule has 0 unspecified atom stereocenters. The Balaban J connectivity index is 1.85. The van der Waals surface area contributed by atoms with E-state index in [-0.39, 0.29) is 5.78 Å². The zero-order valence-corrected chi connectivity index (χ0v) is 11.6. The number of carbonyl (C=O) groups is 1. The third-order valence-electron chi connectivity index (χ3n) is 3.34. The molecule has 0 atom stereocenters. The molecule has 2 heteroatoms. The molecular weight excluding hydrogens is 268 g/mol. The van der Waals surface area contributed by atoms with E-state index in [0.29, 0.717) is 17.0 Å². The van der Waals surface area contributed by atoms with E-state index in [4.69, 9.17) is 11.6 Å². The van der Waals surface area contributed by atoms with E-state index >= 15 is 0 Å². The Morgan fingerprint density at radius 3 is 2.30 bits per heavy atom. The number of carbonyl (C=O) groups excluding carboxylic acids is 1. The summed E-state index contributed by atoms with van der Waals surface area (Å²) in [5.74, 6) is 0.108. The van der Waals surface area contributed by atoms with E-state index in [1.807, 2.05) is 18.2 Å². The second kappa shape index (κ2) is 5.48. The second-order valence-corrected chi connectivity index (χ2v) is 5.22. The van der Waals surface area contributed by atoms with Crippen molar-refractivity contribution in [2.24, 2.45) is 0 Å². The molecule has 0 N–H and O–H groups in total. The maximum absolute atomic E-state index is 12.2. The SMILES string of the molecule is O=C(Cc1ccc2ccccc2c1)c1ccc(Cl)cc1. The Hall–Kier alpha value is -2.12. The Labute approximate surface area is 122 Å². The molecule has 0 radical (unpaired) electrons. The van der Waals surface area contributed by atoms with Crippen molar-refractivity contribution >= 4 is 28.2 Å². The van der Waals surface area contributed by atoms with Crippen LogP contribution in [0.3, 0.4) is 0 Å². The normalized spacial score (nSPS) is 10.7. The third-order valence-corrected chi connectivity index (χ3v) is 3.60. The van der Waals surface area contributed by atoms with Crippen LogP contribution in [-0.2, 0) is 6.42 Å². The minimum absolute atomic E-state index is 0.108. The van der Waals surface area contributed by atoms with Gasteiger partial charge in [0.1, 0.15) is 0 Å². The van der Waals surface area contributed by atoms with Crippen LogP contribution in [0.1, 0.15) is 15.9 Å². The molecule has 3 rings (SSSR count). The quantitative estimate of drug-likeness (QED) is 0.623. The number of rotatable bonds is 3. The lowest BCUT2D eigenvalue weighted by molar-refractivity contribution is 0.0993. The van der Waals surface area contributed by atoms with Gasteiger partial charge in [-0.15, -0.1) is 0 Å². The maximum atomic E-state index is 12.2. The minimum Gasteiger partial charge on any atom is -0.294 e. The van der Waals surface area contributed by atoms with E-state index in [2.05, 4.69) is 24.3 Å². The van der Waals surface area contributed by atoms with Crippen molar-refractivity contribution in [3.8, 4) is 0 Å². The van der Waals surface area contributed by atoms with Crippen molar-refractivity contribution in [3.05, 3.63) is 82.9 Å². The van der Waals surface area contributed by atoms with Gasteiger partial charge < -0.3 is 0 Å². The predicted molar refractivity (Wildman–Crippen MR) is 83.4 cm³/mol. The number of fused-ring (bicyclic) bond motifs is 1. The first-order chi connectivity index (χ1) is 9.72. The van der Waals surface area contributed by atoms with Crippen LogP contribution in [0.25, 0.3) is 10.8 Å². The molecule has 3 aromatic rings. The predicted octanol–water partition coefficient (Wildman–Crippen LogP) is 4.92. The van der Waals surface area contributed by atoms with Crippen molar-refractivity contribution in [1.82, 2.24) is 0 Å². The molecule has 0 spiro atoms. The molecule has 0 saturated heterocycles. The van der Waals surface area contributed by atoms with E-state index in [0.717, 1.165) is 10.9 Å². The molecule has 98 valence electrons. The molecule has 0 bridgehead atoms. The fraction of sp³-hybridized carbons (Fsp3) is 0.0556. The van der Waals surface area contributed by atoms with Gasteiger partial charge in [0.25, 0.3) is 0 Å². The summed E-state index contributed by atoms with van der Waals surface area (Å²) in [7, 11) is 0. The standard InChI is InChI=1S/C18H13ClO/c19-17-9-7-15(8-10-17)18(20)12-13-5-6-14-3-1-2-4-16(14)11-13/h1-11H,12H2. The van der Waals surface area contributed by atoms with Gasteiger partial charge in [-0.2, -0.15) is 0 Å². The van der Waals surface area contributed by atoms with Crippen molar-refractivity contribution in [2.45, 2.75) is 6.42 Å². The first-order valence-corrected chi connectivity index (χ1v) is 6.86. The molecule has 0 aliphatic heterocycles. The molecule has 3 aromatic carbocycles. The van der Waals surface area contributed by atoms with Gasteiger partial charge in [-0.3, -0.25) is 4.79 Å². The van der Waals surface area contributed by atoms with Crippen LogP contribution in [0, 0.1) is 0 Å². The maximum Gasteiger partial charge on any atom is 0.167 e. The zero-order chi connectivity index (χ0) is 13.9. The van der Waals surface area contributed by atoms with E-state index < -0.39 is 0 Å². The average molecular weight is 281 g/mol. The fourth-order valence-electron chi connectivity index (χ4n) is 2.27. The van der Waals surface area contributed by atoms with E-state index in [9.17, 15) is 4.79 Å². The summed E-state index contributed by atoms with van der Waals surface area (Å²) in [4.78, 5) is 12.2. The molecule has 0 heterocycles. The van der Waals surface area contributed by atoms with Gasteiger partial charge in [-0.1, -0.05) is 54.1 Å². The summed E-state index contributed by atoms with van der Waals surface area (Å²) in [5, 5.41) is 3.00. The van der Waals surface area contributed by atoms with Crippen molar-refractivity contribution in [1.29, 1.82) is 0 Å². The van der Waals surface area contributed by atoms with Crippen LogP contribution in [0.2, 0.25) is 5.02 Å². The Morgan fingerprint density at radius 2 is 1.55 bits per heavy atom. The fourth-order valence-corrected chi connectivity index (χ4v) is 2.40. The van der Waals surface area contributed by atoms with Gasteiger partial charge in [0.05, 0.1) is 0 Å². The Kier molecular flexibility index (Phi) is 3.53. The van der Waals surface area contributed by atoms with Crippen LogP contribution in [0.5, 0.6) is 0 Å². The van der Waals surface area contributed by atoms with Gasteiger partial charge in [0.2, 0.25) is 0 Å². The summed E-state index contributed by atoms with van der Waals surface area (Å²) < 4.78 is 0. The minimum atomic E-state index is 0.108. The third kappa shape index (κ3) is 2.73. The highest BCUT2D eigenvalue weighted by atomic mass is 35.5. The van der Waals surface area contributed by atoms with Crippen LogP contribution in [0.4, 0.5) is 0 Å². The Morgan fingerprint density at radius 1 is 0.850 bits per heavy atom. The lowest BCUT2D eigenvalue weighted by Gasteiger charge is -2.04. The van der Waals surface area contributed by atoms with Crippen LogP contribution < -0.4 is 0 Å². The number of hydrogen-bond acceptors (Lipinski definition) is 1. The summed E-state index contributed by atoms with van der Waals surface area (Å²) in [6, 6.07) is 21.3. The van der Waals surface area contributed by atoms with E-state index in [1.165, 1.54) is 5.39 Å². The number of hydrogen-bond donors (Lipinski definition) is 0. The number of halogens is 1. The summed E-state index contributed by atoms with van der Waals surface area (Å²) >= 11 is 5.83. The lowest BCUT2D eigenvalue weighted by atomic mass is 10.0. The second-order valence-electron chi connectivity index (χ2n) is 4.79. The molecule has 0 aromatic heterocycles. The van der Waals surface area contributed by atoms with Crippen LogP contribution in [0.15, 0.2) is 66.7 Å². The largest absolute Gasteiger partial charge is 0.294 e. The molecule has 20 heavy (non-hydrogen) atoms. The highest BCUT2D eigenvalue weighted by Gasteiger charge is 2.07. The number of benzene rings is 3. The first-order valence-electron chi connectivity index (χ1n) is 6.49. The summed E-state index contributed by atoms with van der Waals surface area (Å²) in [6.07, 6.45) is 0.409. The summed E-state index contributed by atoms with van der Waals surface area (Å²) in [5.41, 5.74) is 1.73. The highest BCUT2D eigenvalue weighted by Crippen LogP contribution is 2.17. The zero-order valence-electron chi connectivity index (χ0n) is 10.8. The highest BCUT2D eigenvalue weighted by molar-refractivity contribution is 6.30. The van der Waals surface area contributed by atoms with Crippen molar-refractivity contribution in [3.63, 3.8) is 0 Å². The van der Waals surface area contributed by atoms with Gasteiger partial charge in [-0.25, -0.2) is 0 Å². The van der Waals surface area contributed by atoms with Gasteiger partial charge in [0.15, 0.2) is 5.78 Å². The topological polar surface area (TPSA) is 17.1 Å². The average Bonchev–Trinajstić information content (AvgIpc) is 2.48. The monoisotopic (exact) mass is 280 g/mol. The number of Topliss-reactive ketones (excluding diaryl/α,β-unsaturated/α-hetero) is 1. The lowest BCUT2D eigenvalue weighted by Crippen LogP contribution is -2.03. The molecular formula is C18H13ClO. The molecule has 0 aliphatic rings.